The van der Waals surface area contributed by atoms with E-state index in [0.717, 1.165) is 22.1 Å². The van der Waals surface area contributed by atoms with E-state index in [0.29, 0.717) is 19.7 Å². The topological polar surface area (TPSA) is 58.6 Å². The van der Waals surface area contributed by atoms with Gasteiger partial charge in [-0.1, -0.05) is 15.9 Å². The van der Waals surface area contributed by atoms with Crippen LogP contribution in [0.4, 0.5) is 5.69 Å². The molecule has 1 atom stereocenters. The highest BCUT2D eigenvalue weighted by atomic mass is 79.9. The van der Waals surface area contributed by atoms with Gasteiger partial charge in [0, 0.05) is 43.4 Å². The van der Waals surface area contributed by atoms with Crippen LogP contribution in [-0.4, -0.2) is 38.6 Å². The number of carbonyl (C=O) groups is 2. The minimum absolute atomic E-state index is 0.00114. The minimum Gasteiger partial charge on any atom is -0.385 e. The largest absolute Gasteiger partial charge is 0.385 e. The average molecular weight is 369 g/mol. The number of carbonyl (C=O) groups excluding carboxylic acids is 2. The number of halogens is 1. The number of aryl methyl sites for hydroxylation is 1. The van der Waals surface area contributed by atoms with E-state index < -0.39 is 0 Å². The molecule has 1 N–H and O–H groups in total. The molecule has 1 aromatic carbocycles. The number of methoxy groups -OCH3 is 1. The predicted octanol–water partition coefficient (Wildman–Crippen LogP) is 2.26. The van der Waals surface area contributed by atoms with Gasteiger partial charge in [-0.25, -0.2) is 0 Å². The molecule has 0 saturated carbocycles. The van der Waals surface area contributed by atoms with E-state index >= 15 is 0 Å². The third-order valence-corrected chi connectivity index (χ3v) is 4.66. The molecule has 5 nitrogen and oxygen atoms in total. The second-order valence-corrected chi connectivity index (χ2v) is 6.33. The Morgan fingerprint density at radius 1 is 1.50 bits per heavy atom. The van der Waals surface area contributed by atoms with Crippen LogP contribution in [0, 0.1) is 12.8 Å². The number of amides is 2. The first-order valence-electron chi connectivity index (χ1n) is 7.36. The molecule has 6 heteroatoms. The van der Waals surface area contributed by atoms with E-state index in [1.165, 1.54) is 0 Å². The summed E-state index contributed by atoms with van der Waals surface area (Å²) in [6, 6.07) is 5.78. The second kappa shape index (κ2) is 7.74. The fourth-order valence-corrected chi connectivity index (χ4v) is 2.75. The molecule has 0 bridgehead atoms. The number of nitrogens with one attached hydrogen (secondary N) is 1. The van der Waals surface area contributed by atoms with Crippen LogP contribution in [0.25, 0.3) is 0 Å². The predicted molar refractivity (Wildman–Crippen MR) is 88.8 cm³/mol. The number of anilines is 1. The van der Waals surface area contributed by atoms with E-state index in [4.69, 9.17) is 4.74 Å². The summed E-state index contributed by atoms with van der Waals surface area (Å²) in [5.41, 5.74) is 1.91. The van der Waals surface area contributed by atoms with Gasteiger partial charge in [-0.2, -0.15) is 0 Å². The zero-order chi connectivity index (χ0) is 16.1. The van der Waals surface area contributed by atoms with Crippen LogP contribution in [0.3, 0.4) is 0 Å². The van der Waals surface area contributed by atoms with Gasteiger partial charge < -0.3 is 15.0 Å². The summed E-state index contributed by atoms with van der Waals surface area (Å²) in [6.07, 6.45) is 1.05. The number of ether oxygens (including phenoxy) is 1. The molecule has 2 rings (SSSR count). The Morgan fingerprint density at radius 2 is 2.27 bits per heavy atom. The Kier molecular flexibility index (Phi) is 5.97. The lowest BCUT2D eigenvalue weighted by Crippen LogP contribution is -2.33. The highest BCUT2D eigenvalue weighted by Gasteiger charge is 2.34. The number of nitrogens with zero attached hydrogens (tertiary/aromatic N) is 1. The van der Waals surface area contributed by atoms with Gasteiger partial charge in [0.2, 0.25) is 11.8 Å². The molecule has 0 aliphatic carbocycles. The summed E-state index contributed by atoms with van der Waals surface area (Å²) in [5.74, 6) is -0.335. The van der Waals surface area contributed by atoms with Crippen molar-refractivity contribution in [3.05, 3.63) is 28.2 Å². The SMILES string of the molecule is COCCCNC(=O)C1CC(=O)N(c2ccc(Br)c(C)c2)C1. The van der Waals surface area contributed by atoms with Crippen molar-refractivity contribution in [3.63, 3.8) is 0 Å². The van der Waals surface area contributed by atoms with Crippen molar-refractivity contribution in [2.45, 2.75) is 19.8 Å². The maximum absolute atomic E-state index is 12.2. The summed E-state index contributed by atoms with van der Waals surface area (Å²) in [5, 5.41) is 2.87. The fraction of sp³-hybridized carbons (Fsp3) is 0.500. The molecule has 2 amide bonds. The van der Waals surface area contributed by atoms with E-state index in [1.807, 2.05) is 25.1 Å². The van der Waals surface area contributed by atoms with Crippen molar-refractivity contribution >= 4 is 33.4 Å². The van der Waals surface area contributed by atoms with Crippen LogP contribution in [0.15, 0.2) is 22.7 Å². The van der Waals surface area contributed by atoms with E-state index in [1.54, 1.807) is 12.0 Å². The smallest absolute Gasteiger partial charge is 0.227 e. The van der Waals surface area contributed by atoms with E-state index in [2.05, 4.69) is 21.2 Å². The molecule has 1 heterocycles. The van der Waals surface area contributed by atoms with Gasteiger partial charge in [0.15, 0.2) is 0 Å². The minimum atomic E-state index is -0.279. The van der Waals surface area contributed by atoms with Gasteiger partial charge in [0.25, 0.3) is 0 Å². The Balaban J connectivity index is 1.95. The molecule has 0 spiro atoms. The van der Waals surface area contributed by atoms with E-state index in [9.17, 15) is 9.59 Å². The van der Waals surface area contributed by atoms with Crippen molar-refractivity contribution in [3.8, 4) is 0 Å². The highest BCUT2D eigenvalue weighted by molar-refractivity contribution is 9.10. The molecular weight excluding hydrogens is 348 g/mol. The summed E-state index contributed by atoms with van der Waals surface area (Å²) in [6.45, 7) is 3.62. The lowest BCUT2D eigenvalue weighted by molar-refractivity contribution is -0.126. The van der Waals surface area contributed by atoms with Crippen LogP contribution in [0.2, 0.25) is 0 Å². The summed E-state index contributed by atoms with van der Waals surface area (Å²) < 4.78 is 5.95. The zero-order valence-electron chi connectivity index (χ0n) is 12.9. The number of hydrogen-bond donors (Lipinski definition) is 1. The van der Waals surface area contributed by atoms with Crippen molar-refractivity contribution in [1.82, 2.24) is 5.32 Å². The quantitative estimate of drug-likeness (QED) is 0.783. The Hall–Kier alpha value is -1.40. The molecule has 120 valence electrons. The molecule has 1 aliphatic heterocycles. The van der Waals surface area contributed by atoms with Crippen LogP contribution in [0.5, 0.6) is 0 Å². The molecule has 1 unspecified atom stereocenters. The average Bonchev–Trinajstić information content (AvgIpc) is 2.88. The molecule has 0 aromatic heterocycles. The zero-order valence-corrected chi connectivity index (χ0v) is 14.5. The first-order chi connectivity index (χ1) is 10.5. The highest BCUT2D eigenvalue weighted by Crippen LogP contribution is 2.28. The Labute approximate surface area is 139 Å². The van der Waals surface area contributed by atoms with E-state index in [-0.39, 0.29) is 24.2 Å². The van der Waals surface area contributed by atoms with Crippen LogP contribution >= 0.6 is 15.9 Å². The third-order valence-electron chi connectivity index (χ3n) is 3.77. The molecular formula is C16H21BrN2O3. The molecule has 1 aliphatic rings. The van der Waals surface area contributed by atoms with Gasteiger partial charge in [-0.05, 0) is 37.1 Å². The second-order valence-electron chi connectivity index (χ2n) is 5.48. The number of benzene rings is 1. The van der Waals surface area contributed by atoms with Gasteiger partial charge in [-0.3, -0.25) is 9.59 Å². The molecule has 0 radical (unpaired) electrons. The third kappa shape index (κ3) is 4.08. The fourth-order valence-electron chi connectivity index (χ4n) is 2.50. The van der Waals surface area contributed by atoms with Crippen LogP contribution in [-0.2, 0) is 14.3 Å². The van der Waals surface area contributed by atoms with Gasteiger partial charge >= 0.3 is 0 Å². The van der Waals surface area contributed by atoms with Gasteiger partial charge in [0.1, 0.15) is 0 Å². The van der Waals surface area contributed by atoms with Crippen molar-refractivity contribution < 1.29 is 14.3 Å². The summed E-state index contributed by atoms with van der Waals surface area (Å²) >= 11 is 3.45. The number of rotatable bonds is 6. The monoisotopic (exact) mass is 368 g/mol. The van der Waals surface area contributed by atoms with Crippen molar-refractivity contribution in [1.29, 1.82) is 0 Å². The van der Waals surface area contributed by atoms with Gasteiger partial charge in [-0.15, -0.1) is 0 Å². The summed E-state index contributed by atoms with van der Waals surface area (Å²) in [4.78, 5) is 26.0. The molecule has 1 fully saturated rings. The molecule has 1 aromatic rings. The van der Waals surface area contributed by atoms with Crippen LogP contribution in [0.1, 0.15) is 18.4 Å². The Morgan fingerprint density at radius 3 is 2.95 bits per heavy atom. The lowest BCUT2D eigenvalue weighted by Gasteiger charge is -2.17. The molecule has 22 heavy (non-hydrogen) atoms. The van der Waals surface area contributed by atoms with Crippen molar-refractivity contribution in [2.24, 2.45) is 5.92 Å². The standard InChI is InChI=1S/C16H21BrN2O3/c1-11-8-13(4-5-14(11)17)19-10-12(9-15(19)20)16(21)18-6-3-7-22-2/h4-5,8,12H,3,6-7,9-10H2,1-2H3,(H,18,21). The number of hydrogen-bond acceptors (Lipinski definition) is 3. The van der Waals surface area contributed by atoms with Crippen molar-refractivity contribution in [2.75, 3.05) is 31.7 Å². The van der Waals surface area contributed by atoms with Crippen LogP contribution < -0.4 is 10.2 Å². The first-order valence-corrected chi connectivity index (χ1v) is 8.15. The maximum atomic E-state index is 12.2. The summed E-state index contributed by atoms with van der Waals surface area (Å²) in [7, 11) is 1.63. The first kappa shape index (κ1) is 17.0. The molecule has 1 saturated heterocycles. The maximum Gasteiger partial charge on any atom is 0.227 e. The lowest BCUT2D eigenvalue weighted by atomic mass is 10.1. The normalized spacial score (nSPS) is 17.9. The van der Waals surface area contributed by atoms with Gasteiger partial charge in [0.05, 0.1) is 5.92 Å². The Bertz CT molecular complexity index is 562.